The van der Waals surface area contributed by atoms with Crippen molar-refractivity contribution in [3.05, 3.63) is 34.3 Å². The molecule has 0 aliphatic heterocycles. The lowest BCUT2D eigenvalue weighted by Crippen LogP contribution is -2.24. The maximum absolute atomic E-state index is 8.96. The molecule has 0 aliphatic rings. The number of rotatable bonds is 3. The van der Waals surface area contributed by atoms with Gasteiger partial charge in [-0.1, -0.05) is 28.1 Å². The van der Waals surface area contributed by atoms with Crippen LogP contribution >= 0.6 is 15.9 Å². The molecule has 0 aromatic heterocycles. The maximum atomic E-state index is 8.96. The summed E-state index contributed by atoms with van der Waals surface area (Å²) < 4.78 is 1.06. The van der Waals surface area contributed by atoms with Crippen LogP contribution in [-0.2, 0) is 6.54 Å². The van der Waals surface area contributed by atoms with Crippen molar-refractivity contribution in [3.63, 3.8) is 0 Å². The number of halogens is 1. The van der Waals surface area contributed by atoms with Crippen molar-refractivity contribution in [3.8, 4) is 0 Å². The van der Waals surface area contributed by atoms with Crippen molar-refractivity contribution >= 4 is 15.9 Å². The molecule has 1 aromatic carbocycles. The summed E-state index contributed by atoms with van der Waals surface area (Å²) >= 11 is 3.38. The van der Waals surface area contributed by atoms with E-state index >= 15 is 0 Å². The summed E-state index contributed by atoms with van der Waals surface area (Å²) in [7, 11) is 0. The van der Waals surface area contributed by atoms with E-state index in [4.69, 9.17) is 5.11 Å². The Bertz CT molecular complexity index is 250. The van der Waals surface area contributed by atoms with Crippen LogP contribution in [0.1, 0.15) is 12.5 Å². The topological polar surface area (TPSA) is 32.3 Å². The standard InChI is InChI=1S/C9H12BrNO/c1-7(12)11-6-8-3-2-4-9(10)5-8/h2-5,7,11-12H,6H2,1H3. The molecule has 0 heterocycles. The average Bonchev–Trinajstić information content (AvgIpc) is 2.01. The lowest BCUT2D eigenvalue weighted by atomic mass is 10.2. The average molecular weight is 230 g/mol. The van der Waals surface area contributed by atoms with Gasteiger partial charge in [-0.15, -0.1) is 0 Å². The minimum absolute atomic E-state index is 0.455. The van der Waals surface area contributed by atoms with Crippen molar-refractivity contribution in [2.75, 3.05) is 0 Å². The molecule has 3 heteroatoms. The predicted molar refractivity (Wildman–Crippen MR) is 52.7 cm³/mol. The summed E-state index contributed by atoms with van der Waals surface area (Å²) in [4.78, 5) is 0. The Morgan fingerprint density at radius 2 is 2.33 bits per heavy atom. The van der Waals surface area contributed by atoms with E-state index in [9.17, 15) is 0 Å². The molecule has 0 fully saturated rings. The van der Waals surface area contributed by atoms with Crippen LogP contribution in [-0.4, -0.2) is 11.3 Å². The lowest BCUT2D eigenvalue weighted by Gasteiger charge is -2.06. The molecule has 12 heavy (non-hydrogen) atoms. The van der Waals surface area contributed by atoms with Gasteiger partial charge in [-0.05, 0) is 24.6 Å². The summed E-state index contributed by atoms with van der Waals surface area (Å²) in [6.07, 6.45) is -0.455. The Hall–Kier alpha value is -0.380. The first kappa shape index (κ1) is 9.71. The van der Waals surface area contributed by atoms with Crippen LogP contribution in [0.25, 0.3) is 0 Å². The lowest BCUT2D eigenvalue weighted by molar-refractivity contribution is 0.155. The van der Waals surface area contributed by atoms with Crippen molar-refractivity contribution < 1.29 is 5.11 Å². The molecule has 0 aliphatic carbocycles. The van der Waals surface area contributed by atoms with Crippen LogP contribution in [0.4, 0.5) is 0 Å². The Morgan fingerprint density at radius 1 is 1.58 bits per heavy atom. The molecule has 1 aromatic rings. The fourth-order valence-corrected chi connectivity index (χ4v) is 1.36. The van der Waals surface area contributed by atoms with Crippen LogP contribution in [0.3, 0.4) is 0 Å². The van der Waals surface area contributed by atoms with Crippen molar-refractivity contribution in [1.82, 2.24) is 5.32 Å². The van der Waals surface area contributed by atoms with Gasteiger partial charge in [-0.2, -0.15) is 0 Å². The molecule has 0 saturated carbocycles. The van der Waals surface area contributed by atoms with E-state index in [1.54, 1.807) is 6.92 Å². The fourth-order valence-electron chi connectivity index (χ4n) is 0.912. The maximum Gasteiger partial charge on any atom is 0.102 e. The first-order valence-electron chi connectivity index (χ1n) is 3.84. The Kier molecular flexibility index (Phi) is 3.72. The molecule has 1 rings (SSSR count). The minimum Gasteiger partial charge on any atom is -0.379 e. The SMILES string of the molecule is CC(O)NCc1cccc(Br)c1. The molecule has 2 N–H and O–H groups in total. The molecule has 0 saturated heterocycles. The number of aliphatic hydroxyl groups is 1. The van der Waals surface area contributed by atoms with Gasteiger partial charge in [0.15, 0.2) is 0 Å². The molecular weight excluding hydrogens is 218 g/mol. The van der Waals surface area contributed by atoms with Crippen LogP contribution in [0.2, 0.25) is 0 Å². The fraction of sp³-hybridized carbons (Fsp3) is 0.333. The highest BCUT2D eigenvalue weighted by Crippen LogP contribution is 2.11. The molecule has 0 spiro atoms. The van der Waals surface area contributed by atoms with Crippen molar-refractivity contribution in [2.45, 2.75) is 19.7 Å². The van der Waals surface area contributed by atoms with E-state index in [1.807, 2.05) is 24.3 Å². The van der Waals surface area contributed by atoms with E-state index < -0.39 is 6.23 Å². The number of nitrogens with one attached hydrogen (secondary N) is 1. The van der Waals surface area contributed by atoms with Gasteiger partial charge in [0.1, 0.15) is 6.23 Å². The first-order valence-corrected chi connectivity index (χ1v) is 4.63. The number of hydrogen-bond donors (Lipinski definition) is 2. The monoisotopic (exact) mass is 229 g/mol. The molecule has 1 atom stereocenters. The smallest absolute Gasteiger partial charge is 0.102 e. The molecule has 0 amide bonds. The van der Waals surface area contributed by atoms with Crippen molar-refractivity contribution in [2.24, 2.45) is 0 Å². The molecule has 0 bridgehead atoms. The summed E-state index contributed by atoms with van der Waals surface area (Å²) in [5.74, 6) is 0. The summed E-state index contributed by atoms with van der Waals surface area (Å²) in [5.41, 5.74) is 1.16. The van der Waals surface area contributed by atoms with Crippen LogP contribution in [0.15, 0.2) is 28.7 Å². The third-order valence-corrected chi connectivity index (χ3v) is 1.98. The van der Waals surface area contributed by atoms with Gasteiger partial charge in [-0.25, -0.2) is 0 Å². The van der Waals surface area contributed by atoms with Crippen LogP contribution in [0, 0.1) is 0 Å². The molecule has 2 nitrogen and oxygen atoms in total. The second-order valence-corrected chi connectivity index (χ2v) is 3.60. The van der Waals surface area contributed by atoms with Gasteiger partial charge in [0.05, 0.1) is 0 Å². The normalized spacial score (nSPS) is 12.9. The summed E-state index contributed by atoms with van der Waals surface area (Å²) in [6.45, 7) is 2.40. The van der Waals surface area contributed by atoms with Gasteiger partial charge in [0.2, 0.25) is 0 Å². The van der Waals surface area contributed by atoms with Crippen LogP contribution in [0.5, 0.6) is 0 Å². The Labute approximate surface area is 80.7 Å². The Balaban J connectivity index is 2.52. The van der Waals surface area contributed by atoms with Crippen LogP contribution < -0.4 is 5.32 Å². The van der Waals surface area contributed by atoms with E-state index in [-0.39, 0.29) is 0 Å². The largest absolute Gasteiger partial charge is 0.379 e. The summed E-state index contributed by atoms with van der Waals surface area (Å²) in [5, 5.41) is 11.9. The predicted octanol–water partition coefficient (Wildman–Crippen LogP) is 1.88. The number of hydrogen-bond acceptors (Lipinski definition) is 2. The zero-order valence-corrected chi connectivity index (χ0v) is 8.51. The molecule has 1 unspecified atom stereocenters. The van der Waals surface area contributed by atoms with Gasteiger partial charge in [0, 0.05) is 11.0 Å². The quantitative estimate of drug-likeness (QED) is 0.777. The zero-order valence-electron chi connectivity index (χ0n) is 6.92. The molecule has 66 valence electrons. The molecule has 0 radical (unpaired) electrons. The molecular formula is C9H12BrNO. The van der Waals surface area contributed by atoms with Gasteiger partial charge < -0.3 is 5.11 Å². The van der Waals surface area contributed by atoms with Gasteiger partial charge in [-0.3, -0.25) is 5.32 Å². The van der Waals surface area contributed by atoms with Crippen molar-refractivity contribution in [1.29, 1.82) is 0 Å². The second kappa shape index (κ2) is 4.60. The third kappa shape index (κ3) is 3.34. The highest BCUT2D eigenvalue weighted by Gasteiger charge is 1.95. The highest BCUT2D eigenvalue weighted by atomic mass is 79.9. The van der Waals surface area contributed by atoms with E-state index in [0.29, 0.717) is 6.54 Å². The number of aliphatic hydroxyl groups excluding tert-OH is 1. The Morgan fingerprint density at radius 3 is 2.92 bits per heavy atom. The van der Waals surface area contributed by atoms with Gasteiger partial charge in [0.25, 0.3) is 0 Å². The van der Waals surface area contributed by atoms with E-state index in [2.05, 4.69) is 21.2 Å². The van der Waals surface area contributed by atoms with E-state index in [1.165, 1.54) is 0 Å². The second-order valence-electron chi connectivity index (χ2n) is 2.69. The number of benzene rings is 1. The zero-order chi connectivity index (χ0) is 8.97. The van der Waals surface area contributed by atoms with Gasteiger partial charge >= 0.3 is 0 Å². The summed E-state index contributed by atoms with van der Waals surface area (Å²) in [6, 6.07) is 7.99. The van der Waals surface area contributed by atoms with E-state index in [0.717, 1.165) is 10.0 Å². The minimum atomic E-state index is -0.455. The highest BCUT2D eigenvalue weighted by molar-refractivity contribution is 9.10. The third-order valence-electron chi connectivity index (χ3n) is 1.49. The first-order chi connectivity index (χ1) is 5.68.